The lowest BCUT2D eigenvalue weighted by atomic mass is 9.64. The van der Waals surface area contributed by atoms with Gasteiger partial charge in [-0.2, -0.15) is 0 Å². The van der Waals surface area contributed by atoms with Crippen LogP contribution >= 0.6 is 0 Å². The zero-order chi connectivity index (χ0) is 26.6. The van der Waals surface area contributed by atoms with E-state index in [1.165, 1.54) is 33.0 Å². The summed E-state index contributed by atoms with van der Waals surface area (Å²) < 4.78 is 19.7. The fraction of sp³-hybridized carbons (Fsp3) is 0.200. The molecule has 5 aromatic rings. The van der Waals surface area contributed by atoms with Crippen LogP contribution in [0, 0.1) is 0 Å². The molecule has 3 aliphatic rings. The summed E-state index contributed by atoms with van der Waals surface area (Å²) in [6.07, 6.45) is 0. The largest absolute Gasteiger partial charge is 0.494 e. The van der Waals surface area contributed by atoms with Crippen LogP contribution in [0.1, 0.15) is 49.9 Å². The molecule has 0 N–H and O–H groups in total. The number of hydrogen-bond acceptors (Lipinski definition) is 3. The highest BCUT2D eigenvalue weighted by molar-refractivity contribution is 6.62. The molecular weight excluding hydrogens is 479 g/mol. The number of fused-ring (bicyclic) bond motifs is 10. The van der Waals surface area contributed by atoms with Crippen LogP contribution in [0.3, 0.4) is 0 Å². The molecule has 1 fully saturated rings. The smallest absolute Gasteiger partial charge is 0.457 e. The van der Waals surface area contributed by atoms with E-state index in [9.17, 15) is 0 Å². The summed E-state index contributed by atoms with van der Waals surface area (Å²) in [6.45, 7) is 8.39. The predicted molar refractivity (Wildman–Crippen MR) is 157 cm³/mol. The van der Waals surface area contributed by atoms with Crippen molar-refractivity contribution in [2.45, 2.75) is 44.3 Å². The summed E-state index contributed by atoms with van der Waals surface area (Å²) in [4.78, 5) is 0. The van der Waals surface area contributed by atoms with E-state index in [2.05, 4.69) is 131 Å². The third kappa shape index (κ3) is 2.96. The topological polar surface area (TPSA) is 27.7 Å². The minimum atomic E-state index is -0.528. The van der Waals surface area contributed by atoms with Gasteiger partial charge in [0.1, 0.15) is 11.5 Å². The molecule has 0 atom stereocenters. The maximum absolute atomic E-state index is 6.72. The van der Waals surface area contributed by atoms with Crippen molar-refractivity contribution >= 4 is 23.4 Å². The van der Waals surface area contributed by atoms with E-state index in [1.807, 2.05) is 0 Å². The highest BCUT2D eigenvalue weighted by atomic mass is 16.7. The van der Waals surface area contributed by atoms with Crippen LogP contribution < -0.4 is 10.2 Å². The summed E-state index contributed by atoms with van der Waals surface area (Å²) >= 11 is 0. The average molecular weight is 508 g/mol. The van der Waals surface area contributed by atoms with Gasteiger partial charge in [0.15, 0.2) is 0 Å². The molecule has 3 nitrogen and oxygen atoms in total. The first kappa shape index (κ1) is 23.1. The molecule has 1 aliphatic carbocycles. The minimum Gasteiger partial charge on any atom is -0.457 e. The van der Waals surface area contributed by atoms with Gasteiger partial charge >= 0.3 is 7.12 Å². The Kier molecular flexibility index (Phi) is 4.51. The van der Waals surface area contributed by atoms with Gasteiger partial charge in [0, 0.05) is 11.1 Å². The molecule has 190 valence electrons. The molecule has 0 radical (unpaired) electrons. The van der Waals surface area contributed by atoms with Crippen molar-refractivity contribution in [3.05, 3.63) is 125 Å². The second kappa shape index (κ2) is 7.62. The van der Waals surface area contributed by atoms with Gasteiger partial charge in [0.05, 0.1) is 16.6 Å². The summed E-state index contributed by atoms with van der Waals surface area (Å²) in [5.41, 5.74) is 7.01. The molecule has 8 rings (SSSR count). The van der Waals surface area contributed by atoms with Crippen LogP contribution in [0.2, 0.25) is 0 Å². The fourth-order valence-corrected chi connectivity index (χ4v) is 6.73. The van der Waals surface area contributed by atoms with E-state index >= 15 is 0 Å². The highest BCUT2D eigenvalue weighted by Gasteiger charge is 2.54. The molecule has 0 amide bonds. The van der Waals surface area contributed by atoms with Crippen molar-refractivity contribution in [2.24, 2.45) is 0 Å². The molecule has 2 aliphatic heterocycles. The first-order valence-corrected chi connectivity index (χ1v) is 13.7. The summed E-state index contributed by atoms with van der Waals surface area (Å²) in [5, 5.41) is 2.37. The second-order valence-corrected chi connectivity index (χ2v) is 12.0. The first-order valence-electron chi connectivity index (χ1n) is 13.7. The van der Waals surface area contributed by atoms with Crippen molar-refractivity contribution in [3.8, 4) is 22.6 Å². The Labute approximate surface area is 229 Å². The van der Waals surface area contributed by atoms with E-state index in [1.54, 1.807) is 0 Å². The lowest BCUT2D eigenvalue weighted by Gasteiger charge is -2.40. The van der Waals surface area contributed by atoms with Crippen LogP contribution in [0.4, 0.5) is 0 Å². The number of rotatable bonds is 1. The third-order valence-corrected chi connectivity index (χ3v) is 9.36. The van der Waals surface area contributed by atoms with Crippen LogP contribution in [-0.4, -0.2) is 18.3 Å². The van der Waals surface area contributed by atoms with Crippen LogP contribution in [0.15, 0.2) is 103 Å². The van der Waals surface area contributed by atoms with Crippen LogP contribution in [0.5, 0.6) is 11.5 Å². The lowest BCUT2D eigenvalue weighted by molar-refractivity contribution is 0.00578. The minimum absolute atomic E-state index is 0.417. The monoisotopic (exact) mass is 508 g/mol. The lowest BCUT2D eigenvalue weighted by Crippen LogP contribution is -2.41. The summed E-state index contributed by atoms with van der Waals surface area (Å²) in [6, 6.07) is 37.1. The Morgan fingerprint density at radius 2 is 1.05 bits per heavy atom. The molecule has 0 saturated carbocycles. The van der Waals surface area contributed by atoms with Crippen molar-refractivity contribution < 1.29 is 14.0 Å². The van der Waals surface area contributed by atoms with Gasteiger partial charge in [0.2, 0.25) is 0 Å². The predicted octanol–water partition coefficient (Wildman–Crippen LogP) is 7.61. The Bertz CT molecular complexity index is 1760. The SMILES string of the molecule is CC1(C)OB(c2ccc3c(c2)C2(c4cc5ccccc5cc4O3)c3ccccc3-c3ccccc32)OC1(C)C. The van der Waals surface area contributed by atoms with E-state index in [4.69, 9.17) is 14.0 Å². The molecule has 2 heterocycles. The molecule has 1 saturated heterocycles. The summed E-state index contributed by atoms with van der Waals surface area (Å²) in [7, 11) is -0.456. The van der Waals surface area contributed by atoms with Crippen molar-refractivity contribution in [2.75, 3.05) is 0 Å². The Hall–Kier alpha value is -3.86. The normalized spacial score (nSPS) is 18.8. The van der Waals surface area contributed by atoms with Gasteiger partial charge in [-0.25, -0.2) is 0 Å². The maximum Gasteiger partial charge on any atom is 0.494 e. The van der Waals surface area contributed by atoms with Gasteiger partial charge in [-0.05, 0) is 84.4 Å². The zero-order valence-electron chi connectivity index (χ0n) is 22.6. The van der Waals surface area contributed by atoms with E-state index in [0.717, 1.165) is 28.1 Å². The molecule has 0 unspecified atom stereocenters. The quantitative estimate of drug-likeness (QED) is 0.214. The van der Waals surface area contributed by atoms with E-state index in [-0.39, 0.29) is 0 Å². The van der Waals surface area contributed by atoms with Gasteiger partial charge in [0.25, 0.3) is 0 Å². The molecule has 4 heteroatoms. The molecular formula is C35H29BO3. The van der Waals surface area contributed by atoms with Gasteiger partial charge in [-0.15, -0.1) is 0 Å². The number of hydrogen-bond donors (Lipinski definition) is 0. The number of benzene rings is 5. The van der Waals surface area contributed by atoms with Crippen LogP contribution in [-0.2, 0) is 14.7 Å². The average Bonchev–Trinajstić information content (AvgIpc) is 3.35. The van der Waals surface area contributed by atoms with E-state index < -0.39 is 23.7 Å². The van der Waals surface area contributed by atoms with Crippen LogP contribution in [0.25, 0.3) is 21.9 Å². The number of ether oxygens (including phenoxy) is 1. The summed E-state index contributed by atoms with van der Waals surface area (Å²) in [5.74, 6) is 1.76. The Morgan fingerprint density at radius 3 is 1.69 bits per heavy atom. The molecule has 39 heavy (non-hydrogen) atoms. The van der Waals surface area contributed by atoms with Gasteiger partial charge in [-0.1, -0.05) is 84.9 Å². The molecule has 5 aromatic carbocycles. The zero-order valence-corrected chi connectivity index (χ0v) is 22.6. The van der Waals surface area contributed by atoms with Crippen molar-refractivity contribution in [3.63, 3.8) is 0 Å². The maximum atomic E-state index is 6.72. The Morgan fingerprint density at radius 1 is 0.513 bits per heavy atom. The molecule has 1 spiro atoms. The van der Waals surface area contributed by atoms with Gasteiger partial charge in [-0.3, -0.25) is 0 Å². The van der Waals surface area contributed by atoms with Crippen molar-refractivity contribution in [1.82, 2.24) is 0 Å². The second-order valence-electron chi connectivity index (χ2n) is 12.0. The van der Waals surface area contributed by atoms with Crippen molar-refractivity contribution in [1.29, 1.82) is 0 Å². The highest BCUT2D eigenvalue weighted by Crippen LogP contribution is 2.62. The first-order chi connectivity index (χ1) is 18.8. The Balaban J connectivity index is 1.45. The molecule has 0 aromatic heterocycles. The van der Waals surface area contributed by atoms with Gasteiger partial charge < -0.3 is 14.0 Å². The molecule has 0 bridgehead atoms. The van der Waals surface area contributed by atoms with E-state index in [0.29, 0.717) is 0 Å². The standard InChI is InChI=1S/C35H29BO3/c1-33(2)34(3,4)39-36(38-33)24-17-18-31-30(21-24)35(29-19-22-11-5-6-12-23(22)20-32(29)37-31)27-15-9-7-13-25(27)26-14-8-10-16-28(26)35/h5-21H,1-4H3. The fourth-order valence-electron chi connectivity index (χ4n) is 6.73. The third-order valence-electron chi connectivity index (χ3n) is 9.36.